The quantitative estimate of drug-likeness (QED) is 0.329. The summed E-state index contributed by atoms with van der Waals surface area (Å²) in [4.78, 5) is 44.8. The van der Waals surface area contributed by atoms with E-state index in [1.54, 1.807) is 39.9 Å². The summed E-state index contributed by atoms with van der Waals surface area (Å²) in [7, 11) is 5.45. The van der Waals surface area contributed by atoms with Crippen molar-refractivity contribution in [2.24, 2.45) is 0 Å². The number of hydrogen-bond acceptors (Lipinski definition) is 7. The summed E-state index contributed by atoms with van der Waals surface area (Å²) >= 11 is 0. The minimum Gasteiger partial charge on any atom is -0.481 e. The Morgan fingerprint density at radius 2 is 1.81 bits per heavy atom. The number of methoxy groups -OCH3 is 1. The van der Waals surface area contributed by atoms with E-state index in [-0.39, 0.29) is 11.5 Å². The fourth-order valence-corrected chi connectivity index (χ4v) is 4.29. The zero-order valence-electron chi connectivity index (χ0n) is 21.7. The van der Waals surface area contributed by atoms with Crippen LogP contribution in [0, 0.1) is 0 Å². The number of ether oxygens (including phenoxy) is 1. The van der Waals surface area contributed by atoms with Crippen molar-refractivity contribution in [1.29, 1.82) is 0 Å². The first-order valence-electron chi connectivity index (χ1n) is 12.3. The molecule has 0 saturated heterocycles. The number of fused-ring (bicyclic) bond motifs is 1. The van der Waals surface area contributed by atoms with Crippen LogP contribution in [0.25, 0.3) is 11.0 Å². The van der Waals surface area contributed by atoms with Gasteiger partial charge in [-0.3, -0.25) is 14.2 Å². The van der Waals surface area contributed by atoms with Gasteiger partial charge in [0.2, 0.25) is 5.88 Å². The Hall–Kier alpha value is -4.11. The highest BCUT2D eigenvalue weighted by Crippen LogP contribution is 2.26. The zero-order chi connectivity index (χ0) is 26.4. The molecule has 0 fully saturated rings. The Morgan fingerprint density at radius 1 is 1.03 bits per heavy atom. The molecule has 4 rings (SSSR count). The van der Waals surface area contributed by atoms with Gasteiger partial charge in [-0.1, -0.05) is 37.3 Å². The van der Waals surface area contributed by atoms with Crippen LogP contribution in [0.1, 0.15) is 41.1 Å². The number of pyridine rings is 2. The van der Waals surface area contributed by atoms with E-state index in [1.165, 1.54) is 13.3 Å². The summed E-state index contributed by atoms with van der Waals surface area (Å²) in [6.07, 6.45) is 3.70. The topological polar surface area (TPSA) is 93.5 Å². The molecule has 1 unspecified atom stereocenters. The smallest absolute Gasteiger partial charge is 0.263 e. The monoisotopic (exact) mass is 500 g/mol. The lowest BCUT2D eigenvalue weighted by atomic mass is 10.1. The van der Waals surface area contributed by atoms with Crippen LogP contribution in [0.4, 0.5) is 0 Å². The third kappa shape index (κ3) is 5.83. The highest BCUT2D eigenvalue weighted by atomic mass is 16.5. The van der Waals surface area contributed by atoms with Crippen LogP contribution in [0.3, 0.4) is 0 Å². The van der Waals surface area contributed by atoms with Gasteiger partial charge in [0.25, 0.3) is 11.5 Å². The van der Waals surface area contributed by atoms with Crippen molar-refractivity contribution < 1.29 is 9.53 Å². The fraction of sp³-hybridized carbons (Fsp3) is 0.321. The Bertz CT molecular complexity index is 1400. The first kappa shape index (κ1) is 26.0. The molecule has 1 amide bonds. The van der Waals surface area contributed by atoms with Gasteiger partial charge in [-0.2, -0.15) is 0 Å². The second-order valence-corrected chi connectivity index (χ2v) is 9.04. The molecule has 4 aromatic rings. The molecule has 37 heavy (non-hydrogen) atoms. The van der Waals surface area contributed by atoms with Crippen molar-refractivity contribution in [3.05, 3.63) is 94.3 Å². The SMILES string of the molecule is CCC(c1nc2ncccc2c(=O)n1Cc1ccccc1)N(CCN(C)C)C(=O)c1ccc(OC)nc1. The number of rotatable bonds is 10. The Morgan fingerprint density at radius 3 is 2.46 bits per heavy atom. The highest BCUT2D eigenvalue weighted by molar-refractivity contribution is 5.94. The van der Waals surface area contributed by atoms with E-state index in [0.717, 1.165) is 5.56 Å². The average molecular weight is 501 g/mol. The van der Waals surface area contributed by atoms with Crippen LogP contribution in [0.2, 0.25) is 0 Å². The average Bonchev–Trinajstić information content (AvgIpc) is 2.93. The van der Waals surface area contributed by atoms with Gasteiger partial charge in [0.15, 0.2) is 5.65 Å². The molecule has 9 nitrogen and oxygen atoms in total. The van der Waals surface area contributed by atoms with Crippen LogP contribution < -0.4 is 10.3 Å². The molecule has 0 radical (unpaired) electrons. The molecule has 3 aromatic heterocycles. The predicted octanol–water partition coefficient (Wildman–Crippen LogP) is 3.40. The molecule has 1 atom stereocenters. The number of aromatic nitrogens is 4. The first-order chi connectivity index (χ1) is 17.9. The fourth-order valence-electron chi connectivity index (χ4n) is 4.29. The second kappa shape index (κ2) is 11.7. The molecule has 0 N–H and O–H groups in total. The summed E-state index contributed by atoms with van der Waals surface area (Å²) in [5, 5.41) is 0.447. The maximum Gasteiger partial charge on any atom is 0.263 e. The Kier molecular flexibility index (Phi) is 8.25. The molecule has 192 valence electrons. The largest absolute Gasteiger partial charge is 0.481 e. The van der Waals surface area contributed by atoms with E-state index in [2.05, 4.69) is 9.97 Å². The van der Waals surface area contributed by atoms with Gasteiger partial charge in [-0.25, -0.2) is 15.0 Å². The van der Waals surface area contributed by atoms with Crippen molar-refractivity contribution in [2.75, 3.05) is 34.3 Å². The van der Waals surface area contributed by atoms with Gasteiger partial charge in [0.05, 0.1) is 30.6 Å². The third-order valence-corrected chi connectivity index (χ3v) is 6.25. The second-order valence-electron chi connectivity index (χ2n) is 9.04. The van der Waals surface area contributed by atoms with Gasteiger partial charge < -0.3 is 14.5 Å². The lowest BCUT2D eigenvalue weighted by Crippen LogP contribution is -2.42. The van der Waals surface area contributed by atoms with Crippen LogP contribution in [0.5, 0.6) is 5.88 Å². The summed E-state index contributed by atoms with van der Waals surface area (Å²) in [6.45, 7) is 3.41. The number of carbonyl (C=O) groups is 1. The molecule has 0 aliphatic carbocycles. The minimum atomic E-state index is -0.461. The molecule has 0 spiro atoms. The highest BCUT2D eigenvalue weighted by Gasteiger charge is 2.30. The zero-order valence-corrected chi connectivity index (χ0v) is 21.7. The molecule has 0 aliphatic rings. The lowest BCUT2D eigenvalue weighted by Gasteiger charge is -2.33. The van der Waals surface area contributed by atoms with Crippen LogP contribution in [0.15, 0.2) is 71.8 Å². The number of nitrogens with zero attached hydrogens (tertiary/aromatic N) is 6. The van der Waals surface area contributed by atoms with Crippen LogP contribution in [-0.4, -0.2) is 69.5 Å². The van der Waals surface area contributed by atoms with Gasteiger partial charge in [0, 0.05) is 31.5 Å². The lowest BCUT2D eigenvalue weighted by molar-refractivity contribution is 0.0641. The van der Waals surface area contributed by atoms with Crippen molar-refractivity contribution >= 4 is 16.9 Å². The third-order valence-electron chi connectivity index (χ3n) is 6.25. The van der Waals surface area contributed by atoms with Gasteiger partial charge in [-0.05, 0) is 44.3 Å². The van der Waals surface area contributed by atoms with Crippen molar-refractivity contribution in [3.63, 3.8) is 0 Å². The van der Waals surface area contributed by atoms with Crippen LogP contribution in [-0.2, 0) is 6.54 Å². The number of likely N-dealkylation sites (N-methyl/N-ethyl adjacent to an activating group) is 1. The number of hydrogen-bond donors (Lipinski definition) is 0. The number of amides is 1. The summed E-state index contributed by atoms with van der Waals surface area (Å²) in [6, 6.07) is 16.2. The van der Waals surface area contributed by atoms with E-state index in [0.29, 0.717) is 54.4 Å². The maximum absolute atomic E-state index is 13.8. The Balaban J connectivity index is 1.85. The van der Waals surface area contributed by atoms with Crippen molar-refractivity contribution in [3.8, 4) is 5.88 Å². The van der Waals surface area contributed by atoms with Gasteiger partial charge in [-0.15, -0.1) is 0 Å². The van der Waals surface area contributed by atoms with Gasteiger partial charge in [0.1, 0.15) is 5.82 Å². The van der Waals surface area contributed by atoms with Crippen molar-refractivity contribution in [1.82, 2.24) is 29.3 Å². The molecule has 1 aromatic carbocycles. The normalized spacial score (nSPS) is 12.0. The summed E-state index contributed by atoms with van der Waals surface area (Å²) < 4.78 is 6.83. The van der Waals surface area contributed by atoms with E-state index in [1.807, 2.05) is 56.3 Å². The summed E-state index contributed by atoms with van der Waals surface area (Å²) in [5.74, 6) is 0.754. The van der Waals surface area contributed by atoms with E-state index in [9.17, 15) is 9.59 Å². The number of benzene rings is 1. The molecule has 9 heteroatoms. The molecule has 3 heterocycles. The minimum absolute atomic E-state index is 0.179. The number of carbonyl (C=O) groups excluding carboxylic acids is 1. The van der Waals surface area contributed by atoms with E-state index in [4.69, 9.17) is 9.72 Å². The molecule has 0 saturated carbocycles. The molecular formula is C28H32N6O3. The maximum atomic E-state index is 13.8. The van der Waals surface area contributed by atoms with Gasteiger partial charge >= 0.3 is 0 Å². The standard InChI is InChI=1S/C28H32N6O3/c1-5-23(33(17-16-32(2)3)27(35)21-13-14-24(37-4)30-18-21)26-31-25-22(12-9-15-29-25)28(36)34(26)19-20-10-7-6-8-11-20/h6-15,18,23H,5,16-17,19H2,1-4H3. The first-order valence-corrected chi connectivity index (χ1v) is 12.3. The molecule has 0 aliphatic heterocycles. The Labute approximate surface area is 216 Å². The predicted molar refractivity (Wildman–Crippen MR) is 143 cm³/mol. The van der Waals surface area contributed by atoms with E-state index < -0.39 is 6.04 Å². The molecular weight excluding hydrogens is 468 g/mol. The van der Waals surface area contributed by atoms with Crippen LogP contribution >= 0.6 is 0 Å². The van der Waals surface area contributed by atoms with E-state index >= 15 is 0 Å². The van der Waals surface area contributed by atoms with Crippen molar-refractivity contribution in [2.45, 2.75) is 25.9 Å². The molecule has 0 bridgehead atoms. The summed E-state index contributed by atoms with van der Waals surface area (Å²) in [5.41, 5.74) is 1.60.